The third-order valence-corrected chi connectivity index (χ3v) is 11.1. The Morgan fingerprint density at radius 1 is 0.545 bits per heavy atom. The van der Waals surface area contributed by atoms with Gasteiger partial charge in [-0.05, 0) is 38.5 Å². The molecule has 0 aromatic heterocycles. The van der Waals surface area contributed by atoms with Crippen LogP contribution in [0, 0.1) is 0 Å². The summed E-state index contributed by atoms with van der Waals surface area (Å²) in [7, 11) is -4.28. The van der Waals surface area contributed by atoms with Crippen molar-refractivity contribution < 1.29 is 32.8 Å². The number of allylic oxidation sites excluding steroid dienone is 4. The molecule has 0 saturated carbocycles. The molecule has 3 N–H and O–H groups in total. The number of hydrogen-bond acceptors (Lipinski definition) is 7. The predicted octanol–water partition coefficient (Wildman–Crippen LogP) is 14.0. The molecule has 0 amide bonds. The highest BCUT2D eigenvalue weighted by molar-refractivity contribution is 7.47. The van der Waals surface area contributed by atoms with Crippen molar-refractivity contribution in [2.75, 3.05) is 33.0 Å². The van der Waals surface area contributed by atoms with Gasteiger partial charge in [-0.1, -0.05) is 205 Å². The Hall–Kier alpha value is -1.02. The van der Waals surface area contributed by atoms with Crippen LogP contribution >= 0.6 is 7.82 Å². The van der Waals surface area contributed by atoms with E-state index in [-0.39, 0.29) is 32.3 Å². The van der Waals surface area contributed by atoms with Crippen molar-refractivity contribution in [3.8, 4) is 0 Å². The van der Waals surface area contributed by atoms with Crippen LogP contribution in [0.25, 0.3) is 0 Å². The summed E-state index contributed by atoms with van der Waals surface area (Å²) in [5.41, 5.74) is 5.37. The van der Waals surface area contributed by atoms with Gasteiger partial charge in [0.1, 0.15) is 6.10 Å². The standard InChI is InChI=1S/C46H90NO7P/c1-3-5-7-9-11-13-15-17-19-20-21-22-23-24-25-26-27-29-31-33-35-37-39-46(48)54-45(44-53-55(49,50)52-42-40-47)43-51-41-38-36-34-32-30-28-18-16-14-12-10-8-6-4-2/h8,10,14,16,45H,3-7,9,11-13,15,17-44,47H2,1-2H3,(H,49,50)/b10-8-,16-14-. The molecular formula is C46H90NO7P. The van der Waals surface area contributed by atoms with Gasteiger partial charge in [-0.25, -0.2) is 4.57 Å². The smallest absolute Gasteiger partial charge is 0.457 e. The maximum atomic E-state index is 12.6. The van der Waals surface area contributed by atoms with Crippen LogP contribution in [0.1, 0.15) is 226 Å². The first kappa shape index (κ1) is 54.0. The Kier molecular flexibility index (Phi) is 43.3. The highest BCUT2D eigenvalue weighted by atomic mass is 31.2. The maximum absolute atomic E-state index is 12.6. The molecule has 0 aliphatic rings. The fraction of sp³-hybridized carbons (Fsp3) is 0.891. The number of hydrogen-bond donors (Lipinski definition) is 2. The first-order valence-corrected chi connectivity index (χ1v) is 24.8. The minimum atomic E-state index is -4.28. The summed E-state index contributed by atoms with van der Waals surface area (Å²) in [5.74, 6) is -0.330. The quantitative estimate of drug-likeness (QED) is 0.0271. The predicted molar refractivity (Wildman–Crippen MR) is 233 cm³/mol. The minimum absolute atomic E-state index is 0.0956. The number of ether oxygens (including phenoxy) is 2. The number of unbranched alkanes of at least 4 members (excludes halogenated alkanes) is 28. The molecule has 0 bridgehead atoms. The summed E-state index contributed by atoms with van der Waals surface area (Å²) in [5, 5.41) is 0. The molecule has 0 aromatic carbocycles. The lowest BCUT2D eigenvalue weighted by Crippen LogP contribution is -2.28. The minimum Gasteiger partial charge on any atom is -0.457 e. The molecule has 0 aliphatic carbocycles. The number of phosphoric acid groups is 1. The maximum Gasteiger partial charge on any atom is 0.472 e. The molecule has 0 rings (SSSR count). The summed E-state index contributed by atoms with van der Waals surface area (Å²) in [6.45, 7) is 4.88. The molecule has 2 unspecified atom stereocenters. The highest BCUT2D eigenvalue weighted by Crippen LogP contribution is 2.43. The zero-order valence-corrected chi connectivity index (χ0v) is 37.1. The van der Waals surface area contributed by atoms with Gasteiger partial charge in [-0.2, -0.15) is 0 Å². The van der Waals surface area contributed by atoms with Gasteiger partial charge in [0.05, 0.1) is 19.8 Å². The second kappa shape index (κ2) is 44.1. The molecule has 9 heteroatoms. The van der Waals surface area contributed by atoms with E-state index in [0.717, 1.165) is 44.9 Å². The van der Waals surface area contributed by atoms with Crippen LogP contribution in [-0.2, 0) is 27.9 Å². The number of carbonyl (C=O) groups is 1. The van der Waals surface area contributed by atoms with Gasteiger partial charge >= 0.3 is 13.8 Å². The van der Waals surface area contributed by atoms with Crippen molar-refractivity contribution in [2.24, 2.45) is 5.73 Å². The largest absolute Gasteiger partial charge is 0.472 e. The molecule has 8 nitrogen and oxygen atoms in total. The first-order valence-electron chi connectivity index (χ1n) is 23.3. The molecule has 0 spiro atoms. The van der Waals surface area contributed by atoms with E-state index in [2.05, 4.69) is 38.2 Å². The Balaban J connectivity index is 3.92. The molecule has 55 heavy (non-hydrogen) atoms. The third-order valence-electron chi connectivity index (χ3n) is 10.1. The number of phosphoric ester groups is 1. The lowest BCUT2D eigenvalue weighted by Gasteiger charge is -2.20. The van der Waals surface area contributed by atoms with Crippen molar-refractivity contribution in [1.82, 2.24) is 0 Å². The number of esters is 1. The number of rotatable bonds is 45. The Labute approximate surface area is 340 Å². The molecule has 326 valence electrons. The van der Waals surface area contributed by atoms with E-state index < -0.39 is 13.9 Å². The van der Waals surface area contributed by atoms with E-state index in [4.69, 9.17) is 24.3 Å². The van der Waals surface area contributed by atoms with Crippen LogP contribution in [0.5, 0.6) is 0 Å². The Bertz CT molecular complexity index is 900. The van der Waals surface area contributed by atoms with Crippen LogP contribution in [0.15, 0.2) is 24.3 Å². The van der Waals surface area contributed by atoms with Crippen LogP contribution in [0.4, 0.5) is 0 Å². The van der Waals surface area contributed by atoms with Gasteiger partial charge in [0.25, 0.3) is 0 Å². The van der Waals surface area contributed by atoms with Crippen molar-refractivity contribution in [1.29, 1.82) is 0 Å². The molecular weight excluding hydrogens is 709 g/mol. The Morgan fingerprint density at radius 3 is 1.49 bits per heavy atom. The lowest BCUT2D eigenvalue weighted by atomic mass is 10.0. The average Bonchev–Trinajstić information content (AvgIpc) is 3.17. The molecule has 0 aromatic rings. The summed E-state index contributed by atoms with van der Waals surface area (Å²) in [4.78, 5) is 22.5. The van der Waals surface area contributed by atoms with E-state index in [1.54, 1.807) is 0 Å². The van der Waals surface area contributed by atoms with Crippen molar-refractivity contribution in [2.45, 2.75) is 232 Å². The van der Waals surface area contributed by atoms with E-state index in [1.807, 2.05) is 0 Å². The van der Waals surface area contributed by atoms with Gasteiger partial charge in [0.2, 0.25) is 0 Å². The zero-order valence-electron chi connectivity index (χ0n) is 36.2. The second-order valence-electron chi connectivity index (χ2n) is 15.6. The van der Waals surface area contributed by atoms with E-state index >= 15 is 0 Å². The van der Waals surface area contributed by atoms with Crippen LogP contribution in [-0.4, -0.2) is 49.9 Å². The monoisotopic (exact) mass is 800 g/mol. The Morgan fingerprint density at radius 2 is 1.00 bits per heavy atom. The van der Waals surface area contributed by atoms with Gasteiger partial charge < -0.3 is 20.1 Å². The zero-order chi connectivity index (χ0) is 40.2. The first-order chi connectivity index (χ1) is 26.9. The molecule has 0 heterocycles. The molecule has 2 atom stereocenters. The highest BCUT2D eigenvalue weighted by Gasteiger charge is 2.25. The normalized spacial score (nSPS) is 13.6. The summed E-state index contributed by atoms with van der Waals surface area (Å²) >= 11 is 0. The lowest BCUT2D eigenvalue weighted by molar-refractivity contribution is -0.154. The van der Waals surface area contributed by atoms with Crippen LogP contribution in [0.2, 0.25) is 0 Å². The molecule has 0 fully saturated rings. The molecule has 0 radical (unpaired) electrons. The number of nitrogens with two attached hydrogens (primary N) is 1. The fourth-order valence-electron chi connectivity index (χ4n) is 6.68. The van der Waals surface area contributed by atoms with Crippen molar-refractivity contribution in [3.63, 3.8) is 0 Å². The van der Waals surface area contributed by atoms with Gasteiger partial charge in [-0.3, -0.25) is 13.8 Å². The van der Waals surface area contributed by atoms with Gasteiger partial charge in [0, 0.05) is 19.6 Å². The fourth-order valence-corrected chi connectivity index (χ4v) is 7.45. The number of carbonyl (C=O) groups excluding carboxylic acids is 1. The van der Waals surface area contributed by atoms with Crippen LogP contribution < -0.4 is 5.73 Å². The van der Waals surface area contributed by atoms with Crippen molar-refractivity contribution in [3.05, 3.63) is 24.3 Å². The van der Waals surface area contributed by atoms with Crippen molar-refractivity contribution >= 4 is 13.8 Å². The molecule has 0 aliphatic heterocycles. The van der Waals surface area contributed by atoms with Gasteiger partial charge in [-0.15, -0.1) is 0 Å². The second-order valence-corrected chi connectivity index (χ2v) is 17.1. The SMILES string of the molecule is CCC/C=C\C/C=C\CCCCCCCCOCC(COP(=O)(O)OCCN)OC(=O)CCCCCCCCCCCCCCCCCCCCCCCC. The topological polar surface area (TPSA) is 117 Å². The van der Waals surface area contributed by atoms with E-state index in [0.29, 0.717) is 13.0 Å². The van der Waals surface area contributed by atoms with Crippen LogP contribution in [0.3, 0.4) is 0 Å². The summed E-state index contributed by atoms with van der Waals surface area (Å²) < 4.78 is 33.5. The summed E-state index contributed by atoms with van der Waals surface area (Å²) in [6, 6.07) is 0. The third kappa shape index (κ3) is 43.9. The van der Waals surface area contributed by atoms with E-state index in [9.17, 15) is 14.3 Å². The average molecular weight is 800 g/mol. The van der Waals surface area contributed by atoms with Gasteiger partial charge in [0.15, 0.2) is 0 Å². The van der Waals surface area contributed by atoms with E-state index in [1.165, 1.54) is 161 Å². The molecule has 0 saturated heterocycles. The summed E-state index contributed by atoms with van der Waals surface area (Å²) in [6.07, 6.45) is 49.2.